The summed E-state index contributed by atoms with van der Waals surface area (Å²) in [5.74, 6) is -0.0916. The van der Waals surface area contributed by atoms with E-state index in [-0.39, 0.29) is 17.3 Å². The maximum atomic E-state index is 12.3. The van der Waals surface area contributed by atoms with Crippen LogP contribution < -0.4 is 15.9 Å². The van der Waals surface area contributed by atoms with Crippen LogP contribution in [0, 0.1) is 6.92 Å². The van der Waals surface area contributed by atoms with Gasteiger partial charge in [-0.05, 0) is 29.4 Å². The van der Waals surface area contributed by atoms with E-state index in [0.717, 1.165) is 0 Å². The maximum absolute atomic E-state index is 12.3. The molecule has 27 heavy (non-hydrogen) atoms. The number of nitrogen functional groups attached to an aromatic ring is 1. The van der Waals surface area contributed by atoms with E-state index >= 15 is 0 Å². The van der Waals surface area contributed by atoms with Gasteiger partial charge in [-0.1, -0.05) is 28.4 Å². The summed E-state index contributed by atoms with van der Waals surface area (Å²) in [6.45, 7) is 1.60. The molecule has 1 amide bonds. The molecule has 11 nitrogen and oxygen atoms in total. The number of nitrogens with zero attached hydrogens (tertiary/aromatic N) is 6. The van der Waals surface area contributed by atoms with E-state index in [1.165, 1.54) is 24.1 Å². The van der Waals surface area contributed by atoms with Gasteiger partial charge in [0.15, 0.2) is 5.69 Å². The molecule has 0 atom stereocenters. The molecular weight excluding hydrogens is 399 g/mol. The molecule has 3 aromatic rings. The number of aromatic nitrogens is 5. The average Bonchev–Trinajstić information content (AvgIpc) is 3.19. The molecule has 0 saturated carbocycles. The highest BCUT2D eigenvalue weighted by Gasteiger charge is 2.20. The number of hydrogen-bond donors (Lipinski definition) is 2. The lowest BCUT2D eigenvalue weighted by Gasteiger charge is -2.07. The Morgan fingerprint density at radius 1 is 1.41 bits per heavy atom. The lowest BCUT2D eigenvalue weighted by molar-refractivity contribution is 0.0949. The number of benzene rings is 1. The van der Waals surface area contributed by atoms with Gasteiger partial charge in [-0.25, -0.2) is 10.1 Å². The van der Waals surface area contributed by atoms with Crippen molar-refractivity contribution in [1.82, 2.24) is 30.7 Å². The molecule has 3 N–H and O–H groups in total. The minimum absolute atomic E-state index is 0.0120. The number of ether oxygens (including phenoxy) is 1. The summed E-state index contributed by atoms with van der Waals surface area (Å²) in [4.78, 5) is 12.3. The third kappa shape index (κ3) is 3.68. The van der Waals surface area contributed by atoms with Crippen LogP contribution >= 0.6 is 23.2 Å². The Hall–Kier alpha value is -3.18. The van der Waals surface area contributed by atoms with E-state index in [2.05, 4.69) is 35.8 Å². The Kier molecular flexibility index (Phi) is 5.23. The summed E-state index contributed by atoms with van der Waals surface area (Å²) >= 11 is 12.0. The van der Waals surface area contributed by atoms with Gasteiger partial charge in [-0.2, -0.15) is 9.78 Å². The van der Waals surface area contributed by atoms with Gasteiger partial charge in [0.25, 0.3) is 5.91 Å². The van der Waals surface area contributed by atoms with E-state index in [0.29, 0.717) is 27.1 Å². The first kappa shape index (κ1) is 18.6. The van der Waals surface area contributed by atoms with E-state index < -0.39 is 5.91 Å². The minimum Gasteiger partial charge on any atom is -0.495 e. The van der Waals surface area contributed by atoms with Crippen molar-refractivity contribution < 1.29 is 14.2 Å². The average molecular weight is 411 g/mol. The molecule has 13 heteroatoms. The van der Waals surface area contributed by atoms with Gasteiger partial charge < -0.3 is 10.5 Å². The van der Waals surface area contributed by atoms with Gasteiger partial charge in [-0.15, -0.1) is 5.10 Å². The highest BCUT2D eigenvalue weighted by Crippen LogP contribution is 2.31. The molecule has 3 rings (SSSR count). The Labute approximate surface area is 162 Å². The first-order chi connectivity index (χ1) is 12.9. The predicted octanol–water partition coefficient (Wildman–Crippen LogP) is 1.62. The Morgan fingerprint density at radius 2 is 2.19 bits per heavy atom. The molecule has 0 radical (unpaired) electrons. The second kappa shape index (κ2) is 7.60. The van der Waals surface area contributed by atoms with Crippen LogP contribution in [0.4, 0.5) is 5.82 Å². The lowest BCUT2D eigenvalue weighted by atomic mass is 10.2. The fraction of sp³-hybridized carbons (Fsp3) is 0.143. The second-order valence-corrected chi connectivity index (χ2v) is 5.96. The zero-order valence-corrected chi connectivity index (χ0v) is 15.5. The first-order valence-electron chi connectivity index (χ1n) is 7.29. The van der Waals surface area contributed by atoms with Crippen molar-refractivity contribution in [3.8, 4) is 11.6 Å². The quantitative estimate of drug-likeness (QED) is 0.476. The monoisotopic (exact) mass is 410 g/mol. The van der Waals surface area contributed by atoms with Crippen molar-refractivity contribution >= 4 is 41.1 Å². The van der Waals surface area contributed by atoms with E-state index in [9.17, 15) is 4.79 Å². The van der Waals surface area contributed by atoms with Gasteiger partial charge in [0, 0.05) is 10.6 Å². The number of halogens is 2. The van der Waals surface area contributed by atoms with Crippen LogP contribution in [0.3, 0.4) is 0 Å². The maximum Gasteiger partial charge on any atom is 0.293 e. The van der Waals surface area contributed by atoms with Gasteiger partial charge in [0.2, 0.25) is 11.6 Å². The number of methoxy groups -OCH3 is 1. The van der Waals surface area contributed by atoms with Crippen LogP contribution in [0.5, 0.6) is 5.75 Å². The molecule has 0 aliphatic carbocycles. The molecule has 2 heterocycles. The van der Waals surface area contributed by atoms with Gasteiger partial charge in [0.05, 0.1) is 24.0 Å². The number of carbonyl (C=O) groups is 1. The summed E-state index contributed by atoms with van der Waals surface area (Å²) in [6.07, 6.45) is 1.34. The highest BCUT2D eigenvalue weighted by atomic mass is 35.5. The molecule has 1 aromatic carbocycles. The van der Waals surface area contributed by atoms with Crippen LogP contribution in [0.1, 0.15) is 21.7 Å². The number of nitrogens with one attached hydrogen (secondary N) is 1. The van der Waals surface area contributed by atoms with Gasteiger partial charge in [0.1, 0.15) is 5.75 Å². The minimum atomic E-state index is -0.600. The number of hydrogen-bond acceptors (Lipinski definition) is 9. The molecule has 0 unspecified atom stereocenters. The number of rotatable bonds is 5. The van der Waals surface area contributed by atoms with Crippen LogP contribution in [0.25, 0.3) is 5.82 Å². The van der Waals surface area contributed by atoms with Gasteiger partial charge >= 0.3 is 0 Å². The number of carbonyl (C=O) groups excluding carboxylic acids is 1. The Balaban J connectivity index is 1.79. The topological polar surface area (TPSA) is 146 Å². The van der Waals surface area contributed by atoms with E-state index in [4.69, 9.17) is 33.7 Å². The van der Waals surface area contributed by atoms with Crippen LogP contribution in [-0.4, -0.2) is 44.5 Å². The number of anilines is 1. The summed E-state index contributed by atoms with van der Waals surface area (Å²) in [7, 11) is 1.46. The summed E-state index contributed by atoms with van der Waals surface area (Å²) in [5.41, 5.74) is 8.82. The SMILES string of the molecule is COc1c(Cl)cc(Cl)cc1C=NNC(=O)c1nnn(-c2nonc2N)c1C. The Bertz CT molecular complexity index is 1030. The Morgan fingerprint density at radius 3 is 2.85 bits per heavy atom. The smallest absolute Gasteiger partial charge is 0.293 e. The fourth-order valence-electron chi connectivity index (χ4n) is 2.18. The molecule has 0 spiro atoms. The normalized spacial score (nSPS) is 11.1. The molecule has 2 aromatic heterocycles. The zero-order valence-electron chi connectivity index (χ0n) is 14.0. The van der Waals surface area contributed by atoms with E-state index in [1.807, 2.05) is 0 Å². The molecule has 0 saturated heterocycles. The van der Waals surface area contributed by atoms with Crippen molar-refractivity contribution in [3.05, 3.63) is 39.1 Å². The number of hydrazone groups is 1. The van der Waals surface area contributed by atoms with Crippen LogP contribution in [-0.2, 0) is 0 Å². The van der Waals surface area contributed by atoms with Gasteiger partial charge in [-0.3, -0.25) is 4.79 Å². The van der Waals surface area contributed by atoms with Crippen LogP contribution in [0.2, 0.25) is 10.0 Å². The number of nitrogens with two attached hydrogens (primary N) is 1. The largest absolute Gasteiger partial charge is 0.495 e. The molecular formula is C14H12Cl2N8O3. The molecule has 0 aliphatic heterocycles. The summed E-state index contributed by atoms with van der Waals surface area (Å²) in [6, 6.07) is 3.12. The molecule has 0 bridgehead atoms. The second-order valence-electron chi connectivity index (χ2n) is 5.12. The lowest BCUT2D eigenvalue weighted by Crippen LogP contribution is -2.19. The third-order valence-corrected chi connectivity index (χ3v) is 3.92. The van der Waals surface area contributed by atoms with E-state index in [1.54, 1.807) is 13.0 Å². The molecule has 0 aliphatic rings. The summed E-state index contributed by atoms with van der Waals surface area (Å²) < 4.78 is 10.9. The molecule has 0 fully saturated rings. The first-order valence-corrected chi connectivity index (χ1v) is 8.05. The van der Waals surface area contributed by atoms with Crippen molar-refractivity contribution in [1.29, 1.82) is 0 Å². The highest BCUT2D eigenvalue weighted by molar-refractivity contribution is 6.36. The zero-order chi connectivity index (χ0) is 19.6. The number of amides is 1. The van der Waals surface area contributed by atoms with Crippen molar-refractivity contribution in [3.63, 3.8) is 0 Å². The van der Waals surface area contributed by atoms with Crippen molar-refractivity contribution in [2.45, 2.75) is 6.92 Å². The standard InChI is InChI=1S/C14H12Cl2N8O3/c1-6-10(19-23-24(6)13-12(17)21-27-22-13)14(25)20-18-5-7-3-8(15)4-9(16)11(7)26-2/h3-5H,1-2H3,(H2,17,21)(H,20,25). The molecule has 140 valence electrons. The fourth-order valence-corrected chi connectivity index (χ4v) is 2.77. The van der Waals surface area contributed by atoms with Crippen molar-refractivity contribution in [2.75, 3.05) is 12.8 Å². The summed E-state index contributed by atoms with van der Waals surface area (Å²) in [5, 5.41) is 19.2. The third-order valence-electron chi connectivity index (χ3n) is 3.42. The van der Waals surface area contributed by atoms with Crippen molar-refractivity contribution in [2.24, 2.45) is 5.10 Å². The predicted molar refractivity (Wildman–Crippen MR) is 96.4 cm³/mol. The van der Waals surface area contributed by atoms with Crippen LogP contribution in [0.15, 0.2) is 21.9 Å².